The molecule has 0 aliphatic carbocycles. The predicted octanol–water partition coefficient (Wildman–Crippen LogP) is 4.19. The number of aryl methyl sites for hydroxylation is 1. The van der Waals surface area contributed by atoms with Gasteiger partial charge in [0.05, 0.1) is 24.1 Å². The molecule has 0 spiro atoms. The molecule has 2 aromatic carbocycles. The van der Waals surface area contributed by atoms with E-state index in [1.165, 1.54) is 6.26 Å². The van der Waals surface area contributed by atoms with E-state index in [-0.39, 0.29) is 25.0 Å². The number of rotatable bonds is 7. The number of anilines is 1. The van der Waals surface area contributed by atoms with Gasteiger partial charge in [-0.2, -0.15) is 0 Å². The Hall–Kier alpha value is -3.25. The first-order valence-corrected chi connectivity index (χ1v) is 8.99. The number of amides is 2. The first kappa shape index (κ1) is 19.5. The van der Waals surface area contributed by atoms with E-state index in [0.717, 1.165) is 5.56 Å². The quantitative estimate of drug-likeness (QED) is 0.625. The van der Waals surface area contributed by atoms with E-state index in [1.807, 2.05) is 6.92 Å². The molecule has 0 radical (unpaired) electrons. The average molecular weight is 399 g/mol. The number of furan rings is 1. The van der Waals surface area contributed by atoms with Gasteiger partial charge in [0.2, 0.25) is 0 Å². The third-order valence-corrected chi connectivity index (χ3v) is 4.18. The standard InChI is InChI=1S/C21H19ClN2O4/c1-14-11-15(22)8-9-19(14)28-13-20(25)24-18-7-3-2-6-17(18)21(26)23-12-16-5-4-10-27-16/h2-11H,12-13H2,1H3,(H,23,26)(H,24,25). The van der Waals surface area contributed by atoms with Crippen molar-refractivity contribution in [2.75, 3.05) is 11.9 Å². The van der Waals surface area contributed by atoms with E-state index < -0.39 is 0 Å². The van der Waals surface area contributed by atoms with Gasteiger partial charge in [-0.3, -0.25) is 9.59 Å². The van der Waals surface area contributed by atoms with Crippen LogP contribution >= 0.6 is 11.6 Å². The number of benzene rings is 2. The minimum absolute atomic E-state index is 0.190. The highest BCUT2D eigenvalue weighted by Crippen LogP contribution is 2.22. The van der Waals surface area contributed by atoms with Crippen LogP contribution in [-0.2, 0) is 11.3 Å². The Balaban J connectivity index is 1.60. The van der Waals surface area contributed by atoms with E-state index in [4.69, 9.17) is 20.8 Å². The number of ether oxygens (including phenoxy) is 1. The third kappa shape index (κ3) is 5.14. The van der Waals surface area contributed by atoms with Gasteiger partial charge in [-0.15, -0.1) is 0 Å². The van der Waals surface area contributed by atoms with Crippen LogP contribution in [0.15, 0.2) is 65.3 Å². The number of hydrogen-bond acceptors (Lipinski definition) is 4. The largest absolute Gasteiger partial charge is 0.483 e. The van der Waals surface area contributed by atoms with Crippen LogP contribution < -0.4 is 15.4 Å². The highest BCUT2D eigenvalue weighted by Gasteiger charge is 2.14. The van der Waals surface area contributed by atoms with E-state index in [2.05, 4.69) is 10.6 Å². The molecular weight excluding hydrogens is 380 g/mol. The zero-order chi connectivity index (χ0) is 19.9. The summed E-state index contributed by atoms with van der Waals surface area (Å²) in [5, 5.41) is 6.07. The van der Waals surface area contributed by atoms with Crippen LogP contribution in [0.3, 0.4) is 0 Å². The second-order valence-corrected chi connectivity index (χ2v) is 6.49. The molecule has 7 heteroatoms. The van der Waals surface area contributed by atoms with Crippen LogP contribution in [0, 0.1) is 6.92 Å². The Morgan fingerprint density at radius 1 is 1.11 bits per heavy atom. The van der Waals surface area contributed by atoms with Crippen LogP contribution in [0.5, 0.6) is 5.75 Å². The molecule has 28 heavy (non-hydrogen) atoms. The van der Waals surface area contributed by atoms with Crippen molar-refractivity contribution < 1.29 is 18.7 Å². The maximum atomic E-state index is 12.5. The van der Waals surface area contributed by atoms with Crippen LogP contribution in [0.4, 0.5) is 5.69 Å². The topological polar surface area (TPSA) is 80.6 Å². The summed E-state index contributed by atoms with van der Waals surface area (Å²) in [5.74, 6) is 0.521. The van der Waals surface area contributed by atoms with Gasteiger partial charge in [-0.25, -0.2) is 0 Å². The van der Waals surface area contributed by atoms with Crippen molar-refractivity contribution in [1.82, 2.24) is 5.32 Å². The van der Waals surface area contributed by atoms with Crippen LogP contribution in [-0.4, -0.2) is 18.4 Å². The highest BCUT2D eigenvalue weighted by atomic mass is 35.5. The molecule has 6 nitrogen and oxygen atoms in total. The zero-order valence-electron chi connectivity index (χ0n) is 15.2. The summed E-state index contributed by atoms with van der Waals surface area (Å²) >= 11 is 5.91. The van der Waals surface area contributed by atoms with Crippen molar-refractivity contribution in [2.24, 2.45) is 0 Å². The van der Waals surface area contributed by atoms with Gasteiger partial charge < -0.3 is 19.8 Å². The zero-order valence-corrected chi connectivity index (χ0v) is 16.0. The van der Waals surface area contributed by atoms with E-state index in [0.29, 0.717) is 27.8 Å². The SMILES string of the molecule is Cc1cc(Cl)ccc1OCC(=O)Nc1ccccc1C(=O)NCc1ccco1. The summed E-state index contributed by atoms with van der Waals surface area (Å²) in [5.41, 5.74) is 1.59. The summed E-state index contributed by atoms with van der Waals surface area (Å²) in [4.78, 5) is 24.7. The average Bonchev–Trinajstić information content (AvgIpc) is 3.19. The first-order valence-electron chi connectivity index (χ1n) is 8.61. The van der Waals surface area contributed by atoms with Gasteiger partial charge in [0.1, 0.15) is 11.5 Å². The number of carbonyl (C=O) groups is 2. The molecule has 0 unspecified atom stereocenters. The lowest BCUT2D eigenvalue weighted by Crippen LogP contribution is -2.26. The van der Waals surface area contributed by atoms with Gasteiger partial charge >= 0.3 is 0 Å². The van der Waals surface area contributed by atoms with Crippen molar-refractivity contribution >= 4 is 29.1 Å². The fourth-order valence-corrected chi connectivity index (χ4v) is 2.80. The smallest absolute Gasteiger partial charge is 0.262 e. The molecule has 0 atom stereocenters. The summed E-state index contributed by atoms with van der Waals surface area (Å²) in [6.07, 6.45) is 1.54. The van der Waals surface area contributed by atoms with Gasteiger partial charge in [-0.1, -0.05) is 23.7 Å². The number of nitrogens with one attached hydrogen (secondary N) is 2. The fraction of sp³-hybridized carbons (Fsp3) is 0.143. The summed E-state index contributed by atoms with van der Waals surface area (Å²) in [7, 11) is 0. The minimum atomic E-state index is -0.374. The maximum Gasteiger partial charge on any atom is 0.262 e. The number of para-hydroxylation sites is 1. The molecule has 3 rings (SSSR count). The van der Waals surface area contributed by atoms with Crippen LogP contribution in [0.25, 0.3) is 0 Å². The van der Waals surface area contributed by atoms with Gasteiger partial charge in [0.15, 0.2) is 6.61 Å². The molecule has 2 N–H and O–H groups in total. The number of carbonyl (C=O) groups excluding carboxylic acids is 2. The molecule has 1 aromatic heterocycles. The Morgan fingerprint density at radius 3 is 2.68 bits per heavy atom. The monoisotopic (exact) mass is 398 g/mol. The molecule has 2 amide bonds. The molecule has 0 fully saturated rings. The molecule has 1 heterocycles. The second-order valence-electron chi connectivity index (χ2n) is 6.05. The predicted molar refractivity (Wildman–Crippen MR) is 107 cm³/mol. The maximum absolute atomic E-state index is 12.5. The van der Waals surface area contributed by atoms with Crippen molar-refractivity contribution in [3.8, 4) is 5.75 Å². The molecule has 0 aliphatic rings. The minimum Gasteiger partial charge on any atom is -0.483 e. The molecule has 0 bridgehead atoms. The lowest BCUT2D eigenvalue weighted by Gasteiger charge is -2.12. The fourth-order valence-electron chi connectivity index (χ4n) is 2.57. The number of halogens is 1. The highest BCUT2D eigenvalue weighted by molar-refractivity contribution is 6.30. The van der Waals surface area contributed by atoms with Crippen LogP contribution in [0.1, 0.15) is 21.7 Å². The van der Waals surface area contributed by atoms with Crippen molar-refractivity contribution in [2.45, 2.75) is 13.5 Å². The first-order chi connectivity index (χ1) is 13.5. The Kier molecular flexibility index (Phi) is 6.34. The Bertz CT molecular complexity index is 970. The summed E-state index contributed by atoms with van der Waals surface area (Å²) in [6, 6.07) is 15.4. The van der Waals surface area contributed by atoms with Crippen molar-refractivity contribution in [3.05, 3.63) is 82.8 Å². The molecule has 3 aromatic rings. The molecule has 144 valence electrons. The summed E-state index contributed by atoms with van der Waals surface area (Å²) in [6.45, 7) is 1.91. The Labute approximate surface area is 167 Å². The molecular formula is C21H19ClN2O4. The Morgan fingerprint density at radius 2 is 1.93 bits per heavy atom. The van der Waals surface area contributed by atoms with Crippen molar-refractivity contribution in [3.63, 3.8) is 0 Å². The number of hydrogen-bond donors (Lipinski definition) is 2. The van der Waals surface area contributed by atoms with Crippen LogP contribution in [0.2, 0.25) is 5.02 Å². The van der Waals surface area contributed by atoms with Gasteiger partial charge in [0, 0.05) is 5.02 Å². The molecule has 0 saturated carbocycles. The van der Waals surface area contributed by atoms with E-state index in [9.17, 15) is 9.59 Å². The summed E-state index contributed by atoms with van der Waals surface area (Å²) < 4.78 is 10.7. The normalized spacial score (nSPS) is 10.4. The lowest BCUT2D eigenvalue weighted by atomic mass is 10.1. The lowest BCUT2D eigenvalue weighted by molar-refractivity contribution is -0.118. The second kappa shape index (κ2) is 9.10. The molecule has 0 saturated heterocycles. The third-order valence-electron chi connectivity index (χ3n) is 3.94. The van der Waals surface area contributed by atoms with E-state index in [1.54, 1.807) is 54.6 Å². The molecule has 0 aliphatic heterocycles. The van der Waals surface area contributed by atoms with Gasteiger partial charge in [-0.05, 0) is 55.0 Å². The van der Waals surface area contributed by atoms with E-state index >= 15 is 0 Å². The van der Waals surface area contributed by atoms with Gasteiger partial charge in [0.25, 0.3) is 11.8 Å². The van der Waals surface area contributed by atoms with Crippen molar-refractivity contribution in [1.29, 1.82) is 0 Å².